The van der Waals surface area contributed by atoms with Crippen LogP contribution in [0.4, 0.5) is 10.1 Å². The first kappa shape index (κ1) is 16.7. The highest BCUT2D eigenvalue weighted by atomic mass is 35.5. The van der Waals surface area contributed by atoms with Gasteiger partial charge in [-0.2, -0.15) is 0 Å². The van der Waals surface area contributed by atoms with Crippen LogP contribution in [0.25, 0.3) is 0 Å². The molecule has 116 valence electrons. The number of carbonyl (C=O) groups is 1. The Morgan fingerprint density at radius 1 is 1.23 bits per heavy atom. The number of anilines is 1. The average Bonchev–Trinajstić information content (AvgIpc) is 2.41. The van der Waals surface area contributed by atoms with Gasteiger partial charge in [0, 0.05) is 22.3 Å². The van der Waals surface area contributed by atoms with E-state index in [1.165, 1.54) is 12.1 Å². The van der Waals surface area contributed by atoms with Gasteiger partial charge >= 0.3 is 0 Å². The first-order valence-corrected chi connectivity index (χ1v) is 7.37. The van der Waals surface area contributed by atoms with E-state index in [1.807, 2.05) is 11.0 Å². The fourth-order valence-electron chi connectivity index (χ4n) is 2.01. The lowest BCUT2D eigenvalue weighted by Gasteiger charge is -2.17. The third kappa shape index (κ3) is 4.98. The van der Waals surface area contributed by atoms with E-state index in [-0.39, 0.29) is 18.3 Å². The Kier molecular flexibility index (Phi) is 5.77. The number of nitrogens with one attached hydrogen (secondary N) is 1. The highest BCUT2D eigenvalue weighted by molar-refractivity contribution is 6.35. The average molecular weight is 341 g/mol. The monoisotopic (exact) mass is 340 g/mol. The summed E-state index contributed by atoms with van der Waals surface area (Å²) in [5.41, 5.74) is 1.31. The van der Waals surface area contributed by atoms with Crippen LogP contribution in [0.2, 0.25) is 10.0 Å². The summed E-state index contributed by atoms with van der Waals surface area (Å²) in [6, 6.07) is 11.0. The third-order valence-corrected chi connectivity index (χ3v) is 3.56. The zero-order valence-electron chi connectivity index (χ0n) is 11.9. The van der Waals surface area contributed by atoms with Crippen LogP contribution in [0.15, 0.2) is 42.5 Å². The van der Waals surface area contributed by atoms with Crippen LogP contribution < -0.4 is 5.32 Å². The predicted octanol–water partition coefficient (Wildman–Crippen LogP) is 4.20. The van der Waals surface area contributed by atoms with E-state index in [1.54, 1.807) is 31.3 Å². The molecular formula is C16H15Cl2FN2O. The van der Waals surface area contributed by atoms with Crippen LogP contribution >= 0.6 is 23.2 Å². The summed E-state index contributed by atoms with van der Waals surface area (Å²) in [5.74, 6) is -0.614. The quantitative estimate of drug-likeness (QED) is 0.884. The smallest absolute Gasteiger partial charge is 0.238 e. The van der Waals surface area contributed by atoms with Crippen molar-refractivity contribution in [2.24, 2.45) is 0 Å². The fraction of sp³-hybridized carbons (Fsp3) is 0.188. The van der Waals surface area contributed by atoms with Crippen LogP contribution in [-0.2, 0) is 11.3 Å². The second kappa shape index (κ2) is 7.58. The van der Waals surface area contributed by atoms with E-state index in [2.05, 4.69) is 5.32 Å². The Morgan fingerprint density at radius 2 is 2.00 bits per heavy atom. The van der Waals surface area contributed by atoms with Crippen LogP contribution in [0.3, 0.4) is 0 Å². The summed E-state index contributed by atoms with van der Waals surface area (Å²) in [7, 11) is 1.80. The van der Waals surface area contributed by atoms with E-state index >= 15 is 0 Å². The van der Waals surface area contributed by atoms with Crippen LogP contribution in [0.1, 0.15) is 5.56 Å². The summed E-state index contributed by atoms with van der Waals surface area (Å²) >= 11 is 12.0. The SMILES string of the molecule is CN(CC(=O)Nc1cccc(F)c1)Cc1ccc(Cl)cc1Cl. The largest absolute Gasteiger partial charge is 0.325 e. The number of hydrogen-bond acceptors (Lipinski definition) is 2. The highest BCUT2D eigenvalue weighted by Crippen LogP contribution is 2.22. The van der Waals surface area contributed by atoms with Gasteiger partial charge in [0.1, 0.15) is 5.82 Å². The Morgan fingerprint density at radius 3 is 2.68 bits per heavy atom. The van der Waals surface area contributed by atoms with Crippen LogP contribution in [0.5, 0.6) is 0 Å². The topological polar surface area (TPSA) is 32.3 Å². The highest BCUT2D eigenvalue weighted by Gasteiger charge is 2.10. The number of rotatable bonds is 5. The molecule has 0 radical (unpaired) electrons. The summed E-state index contributed by atoms with van der Waals surface area (Å²) in [6.07, 6.45) is 0. The standard InChI is InChI=1S/C16H15Cl2FN2O/c1-21(9-11-5-6-12(17)7-15(11)18)10-16(22)20-14-4-2-3-13(19)8-14/h2-8H,9-10H2,1H3,(H,20,22). The Balaban J connectivity index is 1.91. The predicted molar refractivity (Wildman–Crippen MR) is 87.8 cm³/mol. The molecule has 1 N–H and O–H groups in total. The zero-order valence-corrected chi connectivity index (χ0v) is 13.5. The van der Waals surface area contributed by atoms with Gasteiger partial charge in [-0.15, -0.1) is 0 Å². The molecule has 0 spiro atoms. The van der Waals surface area contributed by atoms with Gasteiger partial charge in [-0.1, -0.05) is 35.3 Å². The maximum Gasteiger partial charge on any atom is 0.238 e. The lowest BCUT2D eigenvalue weighted by atomic mass is 10.2. The number of hydrogen-bond donors (Lipinski definition) is 1. The number of likely N-dealkylation sites (N-methyl/N-ethyl adjacent to an activating group) is 1. The van der Waals surface area contributed by atoms with E-state index in [9.17, 15) is 9.18 Å². The first-order chi connectivity index (χ1) is 10.4. The molecule has 0 atom stereocenters. The molecule has 6 heteroatoms. The molecule has 0 aliphatic heterocycles. The van der Waals surface area contributed by atoms with Gasteiger partial charge in [0.2, 0.25) is 5.91 Å². The van der Waals surface area contributed by atoms with Crippen molar-refractivity contribution in [3.05, 3.63) is 63.9 Å². The van der Waals surface area contributed by atoms with Crippen molar-refractivity contribution < 1.29 is 9.18 Å². The summed E-state index contributed by atoms with van der Waals surface area (Å²) in [5, 5.41) is 3.78. The molecule has 1 amide bonds. The second-order valence-electron chi connectivity index (χ2n) is 4.97. The van der Waals surface area contributed by atoms with Crippen molar-refractivity contribution in [3.8, 4) is 0 Å². The molecule has 2 rings (SSSR count). The van der Waals surface area contributed by atoms with Crippen molar-refractivity contribution in [3.63, 3.8) is 0 Å². The summed E-state index contributed by atoms with van der Waals surface area (Å²) < 4.78 is 13.1. The molecule has 22 heavy (non-hydrogen) atoms. The van der Waals surface area contributed by atoms with Gasteiger partial charge < -0.3 is 5.32 Å². The molecule has 0 aliphatic carbocycles. The molecule has 0 fully saturated rings. The minimum Gasteiger partial charge on any atom is -0.325 e. The van der Waals surface area contributed by atoms with Crippen molar-refractivity contribution in [1.29, 1.82) is 0 Å². The maximum absolute atomic E-state index is 13.1. The lowest BCUT2D eigenvalue weighted by Crippen LogP contribution is -2.29. The van der Waals surface area contributed by atoms with Crippen LogP contribution in [-0.4, -0.2) is 24.4 Å². The number of amides is 1. The molecule has 0 heterocycles. The molecule has 2 aromatic rings. The molecule has 0 aromatic heterocycles. The van der Waals surface area contributed by atoms with E-state index in [0.29, 0.717) is 22.3 Å². The Labute approximate surface area is 138 Å². The van der Waals surface area contributed by atoms with Gasteiger partial charge in [0.05, 0.1) is 6.54 Å². The van der Waals surface area contributed by atoms with Gasteiger partial charge in [-0.05, 0) is 42.9 Å². The third-order valence-electron chi connectivity index (χ3n) is 2.98. The number of nitrogens with zero attached hydrogens (tertiary/aromatic N) is 1. The molecule has 0 bridgehead atoms. The number of halogens is 3. The second-order valence-corrected chi connectivity index (χ2v) is 5.81. The van der Waals surface area contributed by atoms with Gasteiger partial charge in [0.25, 0.3) is 0 Å². The molecule has 3 nitrogen and oxygen atoms in total. The summed E-state index contributed by atoms with van der Waals surface area (Å²) in [6.45, 7) is 0.669. The van der Waals surface area contributed by atoms with Crippen LogP contribution in [0, 0.1) is 5.82 Å². The van der Waals surface area contributed by atoms with Crippen molar-refractivity contribution in [1.82, 2.24) is 4.90 Å². The molecule has 0 saturated carbocycles. The zero-order chi connectivity index (χ0) is 16.1. The molecule has 0 unspecified atom stereocenters. The summed E-state index contributed by atoms with van der Waals surface area (Å²) in [4.78, 5) is 13.7. The van der Waals surface area contributed by atoms with E-state index in [4.69, 9.17) is 23.2 Å². The van der Waals surface area contributed by atoms with E-state index < -0.39 is 0 Å². The number of benzene rings is 2. The van der Waals surface area contributed by atoms with Gasteiger partial charge in [0.15, 0.2) is 0 Å². The fourth-order valence-corrected chi connectivity index (χ4v) is 2.48. The Hall–Kier alpha value is -1.62. The molecular weight excluding hydrogens is 326 g/mol. The normalized spacial score (nSPS) is 10.8. The molecule has 0 saturated heterocycles. The molecule has 2 aromatic carbocycles. The minimum atomic E-state index is -0.390. The van der Waals surface area contributed by atoms with Crippen molar-refractivity contribution in [2.45, 2.75) is 6.54 Å². The van der Waals surface area contributed by atoms with E-state index in [0.717, 1.165) is 5.56 Å². The van der Waals surface area contributed by atoms with Gasteiger partial charge in [-0.3, -0.25) is 9.69 Å². The number of carbonyl (C=O) groups excluding carboxylic acids is 1. The van der Waals surface area contributed by atoms with Crippen molar-refractivity contribution in [2.75, 3.05) is 18.9 Å². The molecule has 0 aliphatic rings. The van der Waals surface area contributed by atoms with Crippen molar-refractivity contribution >= 4 is 34.8 Å². The maximum atomic E-state index is 13.1. The Bertz CT molecular complexity index is 679. The lowest BCUT2D eigenvalue weighted by molar-refractivity contribution is -0.117. The first-order valence-electron chi connectivity index (χ1n) is 6.62. The minimum absolute atomic E-state index is 0.162. The van der Waals surface area contributed by atoms with Gasteiger partial charge in [-0.25, -0.2) is 4.39 Å².